The molecule has 0 saturated carbocycles. The SMILES string of the molecule is CCC(C)CC1CC(C)N1C(=O)COC. The Labute approximate surface area is 92.8 Å². The van der Waals surface area contributed by atoms with E-state index >= 15 is 0 Å². The van der Waals surface area contributed by atoms with Crippen LogP contribution < -0.4 is 0 Å². The summed E-state index contributed by atoms with van der Waals surface area (Å²) in [5.74, 6) is 0.852. The topological polar surface area (TPSA) is 29.5 Å². The van der Waals surface area contributed by atoms with E-state index in [0.29, 0.717) is 18.0 Å². The van der Waals surface area contributed by atoms with E-state index < -0.39 is 0 Å². The van der Waals surface area contributed by atoms with Gasteiger partial charge in [-0.3, -0.25) is 4.79 Å². The van der Waals surface area contributed by atoms with Gasteiger partial charge in [-0.15, -0.1) is 0 Å². The average molecular weight is 213 g/mol. The van der Waals surface area contributed by atoms with Gasteiger partial charge in [0, 0.05) is 19.2 Å². The molecule has 0 aromatic heterocycles. The molecule has 0 radical (unpaired) electrons. The van der Waals surface area contributed by atoms with Crippen LogP contribution in [-0.4, -0.2) is 36.6 Å². The number of hydrogen-bond donors (Lipinski definition) is 0. The van der Waals surface area contributed by atoms with Crippen molar-refractivity contribution in [2.45, 2.75) is 52.1 Å². The molecular weight excluding hydrogens is 190 g/mol. The quantitative estimate of drug-likeness (QED) is 0.699. The Bertz CT molecular complexity index is 218. The first-order valence-corrected chi connectivity index (χ1v) is 5.90. The normalized spacial score (nSPS) is 27.3. The summed E-state index contributed by atoms with van der Waals surface area (Å²) in [5.41, 5.74) is 0. The van der Waals surface area contributed by atoms with Gasteiger partial charge in [-0.2, -0.15) is 0 Å². The van der Waals surface area contributed by atoms with Crippen LogP contribution >= 0.6 is 0 Å². The van der Waals surface area contributed by atoms with Crippen molar-refractivity contribution in [3.63, 3.8) is 0 Å². The molecule has 0 bridgehead atoms. The molecule has 88 valence electrons. The van der Waals surface area contributed by atoms with Crippen LogP contribution in [0.2, 0.25) is 0 Å². The number of ether oxygens (including phenoxy) is 1. The second kappa shape index (κ2) is 5.50. The summed E-state index contributed by atoms with van der Waals surface area (Å²) in [6.45, 7) is 6.79. The molecule has 1 amide bonds. The summed E-state index contributed by atoms with van der Waals surface area (Å²) >= 11 is 0. The standard InChI is InChI=1S/C12H23NO2/c1-5-9(2)6-11-7-10(3)13(11)12(14)8-15-4/h9-11H,5-8H2,1-4H3. The van der Waals surface area contributed by atoms with Gasteiger partial charge < -0.3 is 9.64 Å². The lowest BCUT2D eigenvalue weighted by atomic mass is 9.86. The van der Waals surface area contributed by atoms with Crippen LogP contribution in [0.15, 0.2) is 0 Å². The molecule has 3 nitrogen and oxygen atoms in total. The van der Waals surface area contributed by atoms with E-state index in [0.717, 1.165) is 12.8 Å². The van der Waals surface area contributed by atoms with Crippen molar-refractivity contribution in [1.29, 1.82) is 0 Å². The third-order valence-electron chi connectivity index (χ3n) is 3.41. The van der Waals surface area contributed by atoms with E-state index in [2.05, 4.69) is 20.8 Å². The second-order valence-corrected chi connectivity index (χ2v) is 4.72. The summed E-state index contributed by atoms with van der Waals surface area (Å²) in [6, 6.07) is 0.860. The van der Waals surface area contributed by atoms with Crippen molar-refractivity contribution in [3.05, 3.63) is 0 Å². The van der Waals surface area contributed by atoms with Gasteiger partial charge in [0.25, 0.3) is 0 Å². The molecule has 3 unspecified atom stereocenters. The minimum absolute atomic E-state index is 0.143. The lowest BCUT2D eigenvalue weighted by Gasteiger charge is -2.48. The lowest BCUT2D eigenvalue weighted by Crippen LogP contribution is -2.58. The number of carbonyl (C=O) groups is 1. The van der Waals surface area contributed by atoms with Crippen LogP contribution in [0.1, 0.15) is 40.0 Å². The lowest BCUT2D eigenvalue weighted by molar-refractivity contribution is -0.148. The van der Waals surface area contributed by atoms with E-state index in [1.807, 2.05) is 4.90 Å². The molecule has 0 aromatic carbocycles. The highest BCUT2D eigenvalue weighted by atomic mass is 16.5. The number of hydrogen-bond acceptors (Lipinski definition) is 2. The molecule has 1 saturated heterocycles. The number of amides is 1. The van der Waals surface area contributed by atoms with Gasteiger partial charge in [0.05, 0.1) is 0 Å². The molecule has 1 heterocycles. The van der Waals surface area contributed by atoms with E-state index in [9.17, 15) is 4.79 Å². The Kier molecular flexibility index (Phi) is 4.58. The zero-order chi connectivity index (χ0) is 11.4. The minimum Gasteiger partial charge on any atom is -0.375 e. The molecule has 15 heavy (non-hydrogen) atoms. The van der Waals surface area contributed by atoms with Gasteiger partial charge in [0.15, 0.2) is 0 Å². The first-order chi connectivity index (χ1) is 7.10. The van der Waals surface area contributed by atoms with Crippen LogP contribution in [0.4, 0.5) is 0 Å². The van der Waals surface area contributed by atoms with E-state index in [-0.39, 0.29) is 12.5 Å². The monoisotopic (exact) mass is 213 g/mol. The van der Waals surface area contributed by atoms with E-state index in [1.165, 1.54) is 6.42 Å². The van der Waals surface area contributed by atoms with E-state index in [4.69, 9.17) is 4.74 Å². The van der Waals surface area contributed by atoms with Gasteiger partial charge in [-0.25, -0.2) is 0 Å². The smallest absolute Gasteiger partial charge is 0.249 e. The van der Waals surface area contributed by atoms with Crippen molar-refractivity contribution >= 4 is 5.91 Å². The highest BCUT2D eigenvalue weighted by Crippen LogP contribution is 2.30. The predicted octanol–water partition coefficient (Wildman–Crippen LogP) is 2.06. The van der Waals surface area contributed by atoms with Crippen LogP contribution in [-0.2, 0) is 9.53 Å². The second-order valence-electron chi connectivity index (χ2n) is 4.72. The van der Waals surface area contributed by atoms with Crippen LogP contribution in [0.3, 0.4) is 0 Å². The summed E-state index contributed by atoms with van der Waals surface area (Å²) < 4.78 is 4.90. The fourth-order valence-electron chi connectivity index (χ4n) is 2.33. The average Bonchev–Trinajstić information content (AvgIpc) is 2.16. The van der Waals surface area contributed by atoms with Crippen LogP contribution in [0, 0.1) is 5.92 Å². The number of carbonyl (C=O) groups excluding carboxylic acids is 1. The molecule has 0 spiro atoms. The van der Waals surface area contributed by atoms with E-state index in [1.54, 1.807) is 7.11 Å². The zero-order valence-corrected chi connectivity index (χ0v) is 10.3. The summed E-state index contributed by atoms with van der Waals surface area (Å²) in [5, 5.41) is 0. The number of likely N-dealkylation sites (tertiary alicyclic amines) is 1. The Morgan fingerprint density at radius 2 is 2.27 bits per heavy atom. The van der Waals surface area contributed by atoms with Gasteiger partial charge in [-0.1, -0.05) is 20.3 Å². The third kappa shape index (κ3) is 2.94. The molecule has 1 rings (SSSR count). The van der Waals surface area contributed by atoms with Crippen molar-refractivity contribution in [3.8, 4) is 0 Å². The third-order valence-corrected chi connectivity index (χ3v) is 3.41. The van der Waals surface area contributed by atoms with Crippen LogP contribution in [0.5, 0.6) is 0 Å². The first kappa shape index (κ1) is 12.5. The maximum atomic E-state index is 11.7. The fraction of sp³-hybridized carbons (Fsp3) is 0.917. The number of methoxy groups -OCH3 is 1. The molecule has 0 aliphatic carbocycles. The molecule has 1 fully saturated rings. The highest BCUT2D eigenvalue weighted by Gasteiger charge is 2.38. The Hall–Kier alpha value is -0.570. The molecule has 0 aromatic rings. The number of nitrogens with zero attached hydrogens (tertiary/aromatic N) is 1. The minimum atomic E-state index is 0.143. The number of rotatable bonds is 5. The van der Waals surface area contributed by atoms with Crippen molar-refractivity contribution < 1.29 is 9.53 Å². The van der Waals surface area contributed by atoms with Crippen LogP contribution in [0.25, 0.3) is 0 Å². The van der Waals surface area contributed by atoms with Gasteiger partial charge in [0.1, 0.15) is 6.61 Å². The zero-order valence-electron chi connectivity index (χ0n) is 10.3. The van der Waals surface area contributed by atoms with Crippen molar-refractivity contribution in [2.75, 3.05) is 13.7 Å². The predicted molar refractivity (Wildman–Crippen MR) is 60.7 cm³/mol. The Morgan fingerprint density at radius 1 is 1.60 bits per heavy atom. The maximum Gasteiger partial charge on any atom is 0.249 e. The largest absolute Gasteiger partial charge is 0.375 e. The van der Waals surface area contributed by atoms with Gasteiger partial charge in [0.2, 0.25) is 5.91 Å². The summed E-state index contributed by atoms with van der Waals surface area (Å²) in [6.07, 6.45) is 3.48. The molecule has 1 aliphatic heterocycles. The molecule has 3 atom stereocenters. The molecule has 0 N–H and O–H groups in total. The van der Waals surface area contributed by atoms with Gasteiger partial charge >= 0.3 is 0 Å². The summed E-state index contributed by atoms with van der Waals surface area (Å²) in [7, 11) is 1.58. The molecule has 1 aliphatic rings. The molecular formula is C12H23NO2. The van der Waals surface area contributed by atoms with Crippen molar-refractivity contribution in [1.82, 2.24) is 4.90 Å². The molecule has 3 heteroatoms. The first-order valence-electron chi connectivity index (χ1n) is 5.90. The summed E-state index contributed by atoms with van der Waals surface area (Å²) in [4.78, 5) is 13.7. The maximum absolute atomic E-state index is 11.7. The fourth-order valence-corrected chi connectivity index (χ4v) is 2.33. The Balaban J connectivity index is 2.43. The Morgan fingerprint density at radius 3 is 2.73 bits per heavy atom. The highest BCUT2D eigenvalue weighted by molar-refractivity contribution is 5.79. The van der Waals surface area contributed by atoms with Gasteiger partial charge in [-0.05, 0) is 25.7 Å². The van der Waals surface area contributed by atoms with Crippen molar-refractivity contribution in [2.24, 2.45) is 5.92 Å².